The van der Waals surface area contributed by atoms with E-state index in [1.165, 1.54) is 4.90 Å². The van der Waals surface area contributed by atoms with Gasteiger partial charge in [0, 0.05) is 7.05 Å². The fourth-order valence-corrected chi connectivity index (χ4v) is 3.30. The van der Waals surface area contributed by atoms with Crippen LogP contribution in [0, 0.1) is 5.92 Å². The molecule has 0 aliphatic rings. The van der Waals surface area contributed by atoms with Crippen LogP contribution >= 0.6 is 0 Å². The van der Waals surface area contributed by atoms with Crippen LogP contribution in [0.1, 0.15) is 19.4 Å². The molecule has 0 saturated carbocycles. The first-order chi connectivity index (χ1) is 14.4. The van der Waals surface area contributed by atoms with Crippen molar-refractivity contribution in [2.24, 2.45) is 5.92 Å². The van der Waals surface area contributed by atoms with E-state index in [0.717, 1.165) is 16.6 Å². The molecule has 1 atom stereocenters. The minimum atomic E-state index is -0.748. The van der Waals surface area contributed by atoms with Crippen molar-refractivity contribution in [2.75, 3.05) is 7.05 Å². The second-order valence-corrected chi connectivity index (χ2v) is 7.34. The summed E-state index contributed by atoms with van der Waals surface area (Å²) in [6.45, 7) is 3.84. The molecule has 3 aromatic rings. The molecule has 0 saturated heterocycles. The zero-order valence-corrected chi connectivity index (χ0v) is 17.1. The van der Waals surface area contributed by atoms with Gasteiger partial charge < -0.3 is 9.64 Å². The average Bonchev–Trinajstić information content (AvgIpc) is 3.16. The number of aromatic nitrogens is 3. The van der Waals surface area contributed by atoms with Crippen LogP contribution in [0.25, 0.3) is 11.0 Å². The van der Waals surface area contributed by atoms with Crippen LogP contribution in [0.2, 0.25) is 0 Å². The molecule has 9 heteroatoms. The lowest BCUT2D eigenvalue weighted by Gasteiger charge is -2.29. The lowest BCUT2D eigenvalue weighted by Crippen LogP contribution is -2.50. The van der Waals surface area contributed by atoms with Gasteiger partial charge in [0.1, 0.15) is 17.3 Å². The van der Waals surface area contributed by atoms with Crippen LogP contribution in [0.15, 0.2) is 48.5 Å². The van der Waals surface area contributed by atoms with Gasteiger partial charge in [-0.1, -0.05) is 43.3 Å². The summed E-state index contributed by atoms with van der Waals surface area (Å²) in [7, 11) is 1.56. The number of hydroxylamine groups is 1. The number of carbonyl (C=O) groups is 2. The van der Waals surface area contributed by atoms with Crippen molar-refractivity contribution in [3.8, 4) is 5.75 Å². The third kappa shape index (κ3) is 4.74. The van der Waals surface area contributed by atoms with Gasteiger partial charge in [0.25, 0.3) is 5.91 Å². The molecule has 2 aromatic carbocycles. The van der Waals surface area contributed by atoms with Gasteiger partial charge >= 0.3 is 0 Å². The molecule has 1 unspecified atom stereocenters. The molecular weight excluding hydrogens is 386 g/mol. The standard InChI is InChI=1S/C21H25N5O4/c1-14(2)20(21(28)23-29)25(3)19(27)12-15-8-10-16(11-9-15)30-13-26-18-7-5-4-6-17(18)22-24-26/h4-11,14,20,29H,12-13H2,1-3H3,(H,23,28). The fourth-order valence-electron chi connectivity index (χ4n) is 3.30. The summed E-state index contributed by atoms with van der Waals surface area (Å²) in [5.74, 6) is -0.334. The number of hydrogen-bond acceptors (Lipinski definition) is 6. The first-order valence-corrected chi connectivity index (χ1v) is 9.60. The van der Waals surface area contributed by atoms with Gasteiger partial charge in [-0.15, -0.1) is 5.10 Å². The maximum Gasteiger partial charge on any atom is 0.266 e. The monoisotopic (exact) mass is 411 g/mol. The van der Waals surface area contributed by atoms with E-state index in [0.29, 0.717) is 5.75 Å². The van der Waals surface area contributed by atoms with E-state index in [1.807, 2.05) is 38.1 Å². The molecule has 2 N–H and O–H groups in total. The van der Waals surface area contributed by atoms with Crippen LogP contribution in [-0.2, 0) is 22.7 Å². The van der Waals surface area contributed by atoms with Crippen molar-refractivity contribution in [1.82, 2.24) is 25.4 Å². The Morgan fingerprint density at radius 1 is 1.17 bits per heavy atom. The smallest absolute Gasteiger partial charge is 0.266 e. The lowest BCUT2D eigenvalue weighted by molar-refractivity contribution is -0.144. The van der Waals surface area contributed by atoms with E-state index in [9.17, 15) is 9.59 Å². The fraction of sp³-hybridized carbons (Fsp3) is 0.333. The highest BCUT2D eigenvalue weighted by molar-refractivity contribution is 5.88. The van der Waals surface area contributed by atoms with Crippen molar-refractivity contribution in [2.45, 2.75) is 33.0 Å². The molecule has 0 radical (unpaired) electrons. The zero-order chi connectivity index (χ0) is 21.7. The van der Waals surface area contributed by atoms with Crippen molar-refractivity contribution < 1.29 is 19.5 Å². The summed E-state index contributed by atoms with van der Waals surface area (Å²) in [6, 6.07) is 14.0. The summed E-state index contributed by atoms with van der Waals surface area (Å²) in [4.78, 5) is 25.8. The van der Waals surface area contributed by atoms with Gasteiger partial charge in [0.05, 0.1) is 11.9 Å². The minimum Gasteiger partial charge on any atom is -0.471 e. The van der Waals surface area contributed by atoms with E-state index in [4.69, 9.17) is 9.94 Å². The zero-order valence-electron chi connectivity index (χ0n) is 17.1. The molecule has 30 heavy (non-hydrogen) atoms. The van der Waals surface area contributed by atoms with Crippen molar-refractivity contribution in [1.29, 1.82) is 0 Å². The predicted octanol–water partition coefficient (Wildman–Crippen LogP) is 2.00. The second-order valence-electron chi connectivity index (χ2n) is 7.34. The molecule has 0 aliphatic carbocycles. The van der Waals surface area contributed by atoms with E-state index in [2.05, 4.69) is 10.3 Å². The topological polar surface area (TPSA) is 110 Å². The highest BCUT2D eigenvalue weighted by Crippen LogP contribution is 2.17. The number of amides is 2. The van der Waals surface area contributed by atoms with E-state index in [-0.39, 0.29) is 25.0 Å². The van der Waals surface area contributed by atoms with Crippen molar-refractivity contribution in [3.05, 3.63) is 54.1 Å². The lowest BCUT2D eigenvalue weighted by atomic mass is 10.0. The largest absolute Gasteiger partial charge is 0.471 e. The maximum absolute atomic E-state index is 12.6. The Balaban J connectivity index is 1.60. The maximum atomic E-state index is 12.6. The Labute approximate surface area is 174 Å². The molecule has 0 spiro atoms. The quantitative estimate of drug-likeness (QED) is 0.433. The number of para-hydroxylation sites is 1. The summed E-state index contributed by atoms with van der Waals surface area (Å²) in [5.41, 5.74) is 4.10. The van der Waals surface area contributed by atoms with E-state index in [1.54, 1.807) is 41.5 Å². The number of hydrogen-bond donors (Lipinski definition) is 2. The molecule has 1 heterocycles. The summed E-state index contributed by atoms with van der Waals surface area (Å²) >= 11 is 0. The van der Waals surface area contributed by atoms with Crippen LogP contribution in [0.4, 0.5) is 0 Å². The van der Waals surface area contributed by atoms with Crippen LogP contribution < -0.4 is 10.2 Å². The van der Waals surface area contributed by atoms with Crippen LogP contribution in [0.3, 0.4) is 0 Å². The normalized spacial score (nSPS) is 12.0. The van der Waals surface area contributed by atoms with Gasteiger partial charge in [-0.25, -0.2) is 10.2 Å². The number of likely N-dealkylation sites (N-methyl/N-ethyl adjacent to an activating group) is 1. The number of carbonyl (C=O) groups excluding carboxylic acids is 2. The number of nitrogens with zero attached hydrogens (tertiary/aromatic N) is 4. The van der Waals surface area contributed by atoms with Crippen LogP contribution in [0.5, 0.6) is 5.75 Å². The van der Waals surface area contributed by atoms with Gasteiger partial charge in [0.15, 0.2) is 6.73 Å². The summed E-state index contributed by atoms with van der Waals surface area (Å²) < 4.78 is 7.43. The van der Waals surface area contributed by atoms with Gasteiger partial charge in [0.2, 0.25) is 5.91 Å². The second kappa shape index (κ2) is 9.36. The molecule has 3 rings (SSSR count). The van der Waals surface area contributed by atoms with Crippen LogP contribution in [-0.4, -0.2) is 50.0 Å². The number of nitrogens with one attached hydrogen (secondary N) is 1. The van der Waals surface area contributed by atoms with E-state index >= 15 is 0 Å². The Morgan fingerprint density at radius 3 is 2.53 bits per heavy atom. The SMILES string of the molecule is CC(C)C(C(=O)NO)N(C)C(=O)Cc1ccc(OCn2nnc3ccccc32)cc1. The molecule has 0 bridgehead atoms. The summed E-state index contributed by atoms with van der Waals surface area (Å²) in [5, 5.41) is 17.1. The number of benzene rings is 2. The Hall–Kier alpha value is -3.46. The van der Waals surface area contributed by atoms with Crippen molar-refractivity contribution >= 4 is 22.8 Å². The highest BCUT2D eigenvalue weighted by atomic mass is 16.5. The average molecular weight is 411 g/mol. The van der Waals surface area contributed by atoms with E-state index < -0.39 is 11.9 Å². The predicted molar refractivity (Wildman–Crippen MR) is 110 cm³/mol. The molecular formula is C21H25N5O4. The molecule has 9 nitrogen and oxygen atoms in total. The summed E-state index contributed by atoms with van der Waals surface area (Å²) in [6.07, 6.45) is 0.131. The number of fused-ring (bicyclic) bond motifs is 1. The molecule has 0 fully saturated rings. The van der Waals surface area contributed by atoms with Gasteiger partial charge in [-0.2, -0.15) is 0 Å². The van der Waals surface area contributed by atoms with Crippen molar-refractivity contribution in [3.63, 3.8) is 0 Å². The third-order valence-corrected chi connectivity index (χ3v) is 4.87. The highest BCUT2D eigenvalue weighted by Gasteiger charge is 2.29. The third-order valence-electron chi connectivity index (χ3n) is 4.87. The molecule has 2 amide bonds. The minimum absolute atomic E-state index is 0.131. The molecule has 1 aromatic heterocycles. The first-order valence-electron chi connectivity index (χ1n) is 9.60. The number of ether oxygens (including phenoxy) is 1. The Kier molecular flexibility index (Phi) is 6.63. The van der Waals surface area contributed by atoms with Gasteiger partial charge in [-0.05, 0) is 35.7 Å². The Bertz CT molecular complexity index is 1020. The molecule has 158 valence electrons. The Morgan fingerprint density at radius 2 is 1.87 bits per heavy atom. The first kappa shape index (κ1) is 21.3. The molecule has 0 aliphatic heterocycles. The number of rotatable bonds is 8. The van der Waals surface area contributed by atoms with Gasteiger partial charge in [-0.3, -0.25) is 14.8 Å².